The summed E-state index contributed by atoms with van der Waals surface area (Å²) in [7, 11) is 0. The van der Waals surface area contributed by atoms with Gasteiger partial charge >= 0.3 is 0 Å². The Morgan fingerprint density at radius 3 is 2.95 bits per heavy atom. The van der Waals surface area contributed by atoms with Crippen molar-refractivity contribution in [1.29, 1.82) is 0 Å². The molecule has 2 aliphatic rings. The number of nitrogens with zero attached hydrogens (tertiary/aromatic N) is 3. The van der Waals surface area contributed by atoms with Crippen molar-refractivity contribution < 1.29 is 4.92 Å². The summed E-state index contributed by atoms with van der Waals surface area (Å²) < 4.78 is 0. The Labute approximate surface area is 124 Å². The van der Waals surface area contributed by atoms with Crippen molar-refractivity contribution in [2.24, 2.45) is 0 Å². The van der Waals surface area contributed by atoms with Crippen LogP contribution >= 0.6 is 0 Å². The molecular weight excluding hydrogens is 268 g/mol. The highest BCUT2D eigenvalue weighted by Gasteiger charge is 2.29. The van der Waals surface area contributed by atoms with E-state index < -0.39 is 0 Å². The van der Waals surface area contributed by atoms with Crippen molar-refractivity contribution in [1.82, 2.24) is 9.80 Å². The van der Waals surface area contributed by atoms with Crippen LogP contribution in [-0.2, 0) is 6.54 Å². The summed E-state index contributed by atoms with van der Waals surface area (Å²) in [6.07, 6.45) is 3.89. The van der Waals surface area contributed by atoms with E-state index in [0.717, 1.165) is 25.2 Å². The molecule has 1 aromatic rings. The van der Waals surface area contributed by atoms with Gasteiger partial charge in [0.05, 0.1) is 4.92 Å². The summed E-state index contributed by atoms with van der Waals surface area (Å²) in [5.41, 5.74) is 7.61. The van der Waals surface area contributed by atoms with Gasteiger partial charge in [-0.3, -0.25) is 19.9 Å². The molecule has 0 bridgehead atoms. The van der Waals surface area contributed by atoms with Crippen LogP contribution in [0.4, 0.5) is 11.4 Å². The van der Waals surface area contributed by atoms with Gasteiger partial charge in [-0.2, -0.15) is 0 Å². The summed E-state index contributed by atoms with van der Waals surface area (Å²) in [6.45, 7) is 5.08. The molecule has 2 aliphatic heterocycles. The van der Waals surface area contributed by atoms with E-state index >= 15 is 0 Å². The van der Waals surface area contributed by atoms with E-state index in [2.05, 4.69) is 9.80 Å². The Kier molecular flexibility index (Phi) is 4.07. The molecule has 0 aliphatic carbocycles. The van der Waals surface area contributed by atoms with Crippen LogP contribution in [0.3, 0.4) is 0 Å². The van der Waals surface area contributed by atoms with Gasteiger partial charge in [-0.15, -0.1) is 0 Å². The van der Waals surface area contributed by atoms with E-state index in [-0.39, 0.29) is 10.6 Å². The number of nitrogens with two attached hydrogens (primary N) is 1. The van der Waals surface area contributed by atoms with Crippen LogP contribution in [-0.4, -0.2) is 46.9 Å². The van der Waals surface area contributed by atoms with Crippen LogP contribution in [0.1, 0.15) is 24.8 Å². The van der Waals surface area contributed by atoms with Crippen LogP contribution in [0.25, 0.3) is 0 Å². The van der Waals surface area contributed by atoms with E-state index in [9.17, 15) is 10.1 Å². The molecule has 1 unspecified atom stereocenters. The minimum absolute atomic E-state index is 0.121. The number of benzene rings is 1. The first-order chi connectivity index (χ1) is 10.1. The van der Waals surface area contributed by atoms with Gasteiger partial charge < -0.3 is 5.73 Å². The Hall–Kier alpha value is -1.66. The smallest absolute Gasteiger partial charge is 0.269 e. The molecule has 0 spiro atoms. The van der Waals surface area contributed by atoms with Crippen LogP contribution in [0.15, 0.2) is 18.2 Å². The van der Waals surface area contributed by atoms with E-state index in [0.29, 0.717) is 18.3 Å². The number of nitrogen functional groups attached to an aromatic ring is 1. The molecule has 0 saturated carbocycles. The molecule has 3 rings (SSSR count). The van der Waals surface area contributed by atoms with Crippen molar-refractivity contribution in [2.75, 3.05) is 31.9 Å². The lowest BCUT2D eigenvalue weighted by Gasteiger charge is -2.44. The molecular formula is C15H22N4O2. The lowest BCUT2D eigenvalue weighted by atomic mass is 9.99. The number of rotatable bonds is 3. The summed E-state index contributed by atoms with van der Waals surface area (Å²) in [6, 6.07) is 5.37. The van der Waals surface area contributed by atoms with E-state index in [1.165, 1.54) is 31.9 Å². The topological polar surface area (TPSA) is 75.6 Å². The fourth-order valence-electron chi connectivity index (χ4n) is 3.45. The quantitative estimate of drug-likeness (QED) is 0.522. The summed E-state index contributed by atoms with van der Waals surface area (Å²) in [4.78, 5) is 15.5. The SMILES string of the molecule is Nc1ccc([N+](=O)[O-])cc1CN1CCN2CCCCC2C1. The van der Waals surface area contributed by atoms with Crippen molar-refractivity contribution in [2.45, 2.75) is 31.8 Å². The van der Waals surface area contributed by atoms with E-state index in [1.54, 1.807) is 12.1 Å². The number of nitro benzene ring substituents is 1. The Morgan fingerprint density at radius 1 is 1.29 bits per heavy atom. The molecule has 114 valence electrons. The van der Waals surface area contributed by atoms with Gasteiger partial charge in [0.2, 0.25) is 0 Å². The van der Waals surface area contributed by atoms with Crippen LogP contribution in [0, 0.1) is 10.1 Å². The molecule has 6 nitrogen and oxygen atoms in total. The normalized spacial score (nSPS) is 23.7. The highest BCUT2D eigenvalue weighted by molar-refractivity contribution is 5.52. The first-order valence-electron chi connectivity index (χ1n) is 7.62. The van der Waals surface area contributed by atoms with Gasteiger partial charge in [-0.25, -0.2) is 0 Å². The number of non-ortho nitro benzene ring substituents is 1. The highest BCUT2D eigenvalue weighted by Crippen LogP contribution is 2.25. The van der Waals surface area contributed by atoms with Crippen LogP contribution < -0.4 is 5.73 Å². The lowest BCUT2D eigenvalue weighted by Crippen LogP contribution is -2.54. The molecule has 0 amide bonds. The first-order valence-corrected chi connectivity index (χ1v) is 7.62. The minimum Gasteiger partial charge on any atom is -0.398 e. The van der Waals surface area contributed by atoms with Crippen molar-refractivity contribution in [3.63, 3.8) is 0 Å². The van der Waals surface area contributed by atoms with Gasteiger partial charge in [-0.05, 0) is 31.0 Å². The Morgan fingerprint density at radius 2 is 2.14 bits per heavy atom. The van der Waals surface area contributed by atoms with E-state index in [4.69, 9.17) is 5.73 Å². The molecule has 0 radical (unpaired) electrons. The molecule has 1 aromatic carbocycles. The molecule has 2 saturated heterocycles. The zero-order valence-corrected chi connectivity index (χ0v) is 12.2. The second-order valence-electron chi connectivity index (χ2n) is 6.06. The third-order valence-electron chi connectivity index (χ3n) is 4.65. The number of piperazine rings is 1. The maximum Gasteiger partial charge on any atom is 0.269 e. The molecule has 6 heteroatoms. The molecule has 2 fully saturated rings. The third kappa shape index (κ3) is 3.16. The second kappa shape index (κ2) is 5.99. The molecule has 21 heavy (non-hydrogen) atoms. The monoisotopic (exact) mass is 290 g/mol. The standard InChI is InChI=1S/C15H22N4O2/c16-15-5-4-13(19(20)21)9-12(15)10-17-7-8-18-6-2-1-3-14(18)11-17/h4-5,9,14H,1-3,6-8,10-11,16H2. The molecule has 2 heterocycles. The average molecular weight is 290 g/mol. The largest absolute Gasteiger partial charge is 0.398 e. The number of piperidine rings is 1. The summed E-state index contributed by atoms with van der Waals surface area (Å²) in [5, 5.41) is 10.9. The maximum absolute atomic E-state index is 10.9. The maximum atomic E-state index is 10.9. The Bertz CT molecular complexity index is 534. The lowest BCUT2D eigenvalue weighted by molar-refractivity contribution is -0.384. The van der Waals surface area contributed by atoms with Crippen molar-refractivity contribution >= 4 is 11.4 Å². The number of nitro groups is 1. The van der Waals surface area contributed by atoms with Gasteiger partial charge in [0.25, 0.3) is 5.69 Å². The fourth-order valence-corrected chi connectivity index (χ4v) is 3.45. The van der Waals surface area contributed by atoms with Crippen LogP contribution in [0.5, 0.6) is 0 Å². The van der Waals surface area contributed by atoms with Crippen molar-refractivity contribution in [3.05, 3.63) is 33.9 Å². The van der Waals surface area contributed by atoms with E-state index in [1.807, 2.05) is 0 Å². The zero-order valence-electron chi connectivity index (χ0n) is 12.2. The fraction of sp³-hybridized carbons (Fsp3) is 0.600. The van der Waals surface area contributed by atoms with Gasteiger partial charge in [0.15, 0.2) is 0 Å². The number of hydrogen-bond acceptors (Lipinski definition) is 5. The highest BCUT2D eigenvalue weighted by atomic mass is 16.6. The summed E-state index contributed by atoms with van der Waals surface area (Å²) in [5.74, 6) is 0. The number of fused-ring (bicyclic) bond motifs is 1. The average Bonchev–Trinajstić information content (AvgIpc) is 2.49. The van der Waals surface area contributed by atoms with Crippen molar-refractivity contribution in [3.8, 4) is 0 Å². The third-order valence-corrected chi connectivity index (χ3v) is 4.65. The molecule has 2 N–H and O–H groups in total. The zero-order chi connectivity index (χ0) is 14.8. The predicted octanol–water partition coefficient (Wildman–Crippen LogP) is 1.85. The van der Waals surface area contributed by atoms with Gasteiger partial charge in [-0.1, -0.05) is 6.42 Å². The molecule has 0 aromatic heterocycles. The molecule has 1 atom stereocenters. The van der Waals surface area contributed by atoms with Gasteiger partial charge in [0, 0.05) is 50.0 Å². The predicted molar refractivity (Wildman–Crippen MR) is 82.0 cm³/mol. The Balaban J connectivity index is 1.69. The minimum atomic E-state index is -0.359. The number of anilines is 1. The second-order valence-corrected chi connectivity index (χ2v) is 6.06. The first kappa shape index (κ1) is 14.3. The van der Waals surface area contributed by atoms with Crippen LogP contribution in [0.2, 0.25) is 0 Å². The number of hydrogen-bond donors (Lipinski definition) is 1. The summed E-state index contributed by atoms with van der Waals surface area (Å²) >= 11 is 0. The van der Waals surface area contributed by atoms with Gasteiger partial charge in [0.1, 0.15) is 0 Å².